The van der Waals surface area contributed by atoms with E-state index in [1.54, 1.807) is 0 Å². The Morgan fingerprint density at radius 1 is 1.15 bits per heavy atom. The van der Waals surface area contributed by atoms with Gasteiger partial charge in [-0.15, -0.1) is 0 Å². The number of thiocarbonyl (C=S) groups is 1. The molecule has 0 aliphatic carbocycles. The third kappa shape index (κ3) is 3.29. The normalized spacial score (nSPS) is 10.2. The van der Waals surface area contributed by atoms with Crippen molar-refractivity contribution in [3.63, 3.8) is 0 Å². The first-order valence-corrected chi connectivity index (χ1v) is 7.32. The third-order valence-electron chi connectivity index (χ3n) is 2.90. The molecule has 0 fully saturated rings. The first-order valence-electron chi connectivity index (χ1n) is 6.12. The summed E-state index contributed by atoms with van der Waals surface area (Å²) in [6.45, 7) is 0. The average molecular weight is 350 g/mol. The number of rotatable bonds is 4. The summed E-state index contributed by atoms with van der Waals surface area (Å²) in [5.41, 5.74) is 9.61. The Hall–Kier alpha value is -1.59. The highest BCUT2D eigenvalue weighted by molar-refractivity contribution is 9.10. The van der Waals surface area contributed by atoms with Crippen LogP contribution in [0.4, 0.5) is 17.1 Å². The van der Waals surface area contributed by atoms with Crippen molar-refractivity contribution in [2.45, 2.75) is 0 Å². The van der Waals surface area contributed by atoms with Gasteiger partial charge in [-0.3, -0.25) is 0 Å². The van der Waals surface area contributed by atoms with Gasteiger partial charge < -0.3 is 16.0 Å². The predicted molar refractivity (Wildman–Crippen MR) is 94.1 cm³/mol. The second-order valence-electron chi connectivity index (χ2n) is 4.59. The molecule has 2 aromatic rings. The number of hydrogen-bond donors (Lipinski definition) is 2. The molecule has 0 atom stereocenters. The van der Waals surface area contributed by atoms with Gasteiger partial charge >= 0.3 is 0 Å². The first kappa shape index (κ1) is 14.8. The zero-order valence-electron chi connectivity index (χ0n) is 11.4. The fourth-order valence-corrected chi connectivity index (χ4v) is 2.49. The van der Waals surface area contributed by atoms with E-state index < -0.39 is 0 Å². The van der Waals surface area contributed by atoms with Gasteiger partial charge in [-0.25, -0.2) is 0 Å². The molecule has 0 radical (unpaired) electrons. The maximum atomic E-state index is 5.78. The van der Waals surface area contributed by atoms with Crippen molar-refractivity contribution in [1.82, 2.24) is 0 Å². The monoisotopic (exact) mass is 349 g/mol. The van der Waals surface area contributed by atoms with E-state index in [2.05, 4.69) is 32.2 Å². The van der Waals surface area contributed by atoms with E-state index >= 15 is 0 Å². The molecular weight excluding hydrogens is 334 g/mol. The Morgan fingerprint density at radius 3 is 2.50 bits per heavy atom. The molecule has 3 nitrogen and oxygen atoms in total. The number of hydrogen-bond acceptors (Lipinski definition) is 3. The summed E-state index contributed by atoms with van der Waals surface area (Å²) in [5.74, 6) is 0. The Kier molecular flexibility index (Phi) is 4.62. The van der Waals surface area contributed by atoms with E-state index in [1.165, 1.54) is 0 Å². The van der Waals surface area contributed by atoms with Gasteiger partial charge in [0.15, 0.2) is 0 Å². The van der Waals surface area contributed by atoms with Gasteiger partial charge in [0.1, 0.15) is 4.99 Å². The molecule has 0 amide bonds. The summed E-state index contributed by atoms with van der Waals surface area (Å²) in [7, 11) is 4.02. The summed E-state index contributed by atoms with van der Waals surface area (Å²) in [4.78, 5) is 2.43. The molecule has 0 saturated heterocycles. The molecule has 104 valence electrons. The molecule has 0 aliphatic rings. The van der Waals surface area contributed by atoms with Crippen molar-refractivity contribution < 1.29 is 0 Å². The lowest BCUT2D eigenvalue weighted by Crippen LogP contribution is -2.14. The maximum Gasteiger partial charge on any atom is 0.106 e. The fourth-order valence-electron chi connectivity index (χ4n) is 1.95. The SMILES string of the molecule is CN(C)c1ccccc1Nc1cc(Br)ccc1C(N)=S. The minimum Gasteiger partial charge on any atom is -0.389 e. The molecule has 0 bridgehead atoms. The summed E-state index contributed by atoms with van der Waals surface area (Å²) >= 11 is 8.58. The number of halogens is 1. The van der Waals surface area contributed by atoms with Crippen molar-refractivity contribution in [2.24, 2.45) is 5.73 Å². The second kappa shape index (κ2) is 6.24. The Morgan fingerprint density at radius 2 is 1.85 bits per heavy atom. The van der Waals surface area contributed by atoms with Gasteiger partial charge in [-0.1, -0.05) is 40.3 Å². The van der Waals surface area contributed by atoms with Gasteiger partial charge in [0, 0.05) is 29.8 Å². The van der Waals surface area contributed by atoms with E-state index in [9.17, 15) is 0 Å². The quantitative estimate of drug-likeness (QED) is 0.821. The largest absolute Gasteiger partial charge is 0.389 e. The number of nitrogens with zero attached hydrogens (tertiary/aromatic N) is 1. The van der Waals surface area contributed by atoms with E-state index in [0.29, 0.717) is 4.99 Å². The van der Waals surface area contributed by atoms with Crippen molar-refractivity contribution in [2.75, 3.05) is 24.3 Å². The highest BCUT2D eigenvalue weighted by Crippen LogP contribution is 2.30. The lowest BCUT2D eigenvalue weighted by molar-refractivity contribution is 1.13. The molecule has 0 spiro atoms. The first-order chi connectivity index (χ1) is 9.49. The van der Waals surface area contributed by atoms with Crippen LogP contribution in [0, 0.1) is 0 Å². The van der Waals surface area contributed by atoms with Crippen molar-refractivity contribution in [3.05, 3.63) is 52.5 Å². The van der Waals surface area contributed by atoms with Crippen LogP contribution in [0.5, 0.6) is 0 Å². The lowest BCUT2D eigenvalue weighted by atomic mass is 10.1. The molecule has 5 heteroatoms. The van der Waals surface area contributed by atoms with Crippen LogP contribution in [-0.4, -0.2) is 19.1 Å². The van der Waals surface area contributed by atoms with Gasteiger partial charge in [0.05, 0.1) is 11.4 Å². The number of nitrogens with one attached hydrogen (secondary N) is 1. The highest BCUT2D eigenvalue weighted by atomic mass is 79.9. The number of nitrogens with two attached hydrogens (primary N) is 1. The molecule has 2 aromatic carbocycles. The van der Waals surface area contributed by atoms with E-state index in [-0.39, 0.29) is 0 Å². The van der Waals surface area contributed by atoms with Gasteiger partial charge in [-0.05, 0) is 30.3 Å². The summed E-state index contributed by atoms with van der Waals surface area (Å²) in [6.07, 6.45) is 0. The standard InChI is InChI=1S/C15H16BrN3S/c1-19(2)14-6-4-3-5-12(14)18-13-9-10(16)7-8-11(13)15(17)20/h3-9,18H,1-2H3,(H2,17,20). The third-order valence-corrected chi connectivity index (χ3v) is 3.62. The highest BCUT2D eigenvalue weighted by Gasteiger charge is 2.09. The average Bonchev–Trinajstić information content (AvgIpc) is 2.38. The van der Waals surface area contributed by atoms with Crippen LogP contribution in [0.2, 0.25) is 0 Å². The predicted octanol–water partition coefficient (Wildman–Crippen LogP) is 3.89. The van der Waals surface area contributed by atoms with Crippen molar-refractivity contribution >= 4 is 50.2 Å². The minimum atomic E-state index is 0.377. The molecule has 0 aromatic heterocycles. The zero-order chi connectivity index (χ0) is 14.7. The summed E-state index contributed by atoms with van der Waals surface area (Å²) in [5, 5.41) is 3.41. The number of benzene rings is 2. The van der Waals surface area contributed by atoms with Crippen LogP contribution >= 0.6 is 28.1 Å². The molecular formula is C15H16BrN3S. The zero-order valence-corrected chi connectivity index (χ0v) is 13.8. The smallest absolute Gasteiger partial charge is 0.106 e. The van der Waals surface area contributed by atoms with E-state index in [0.717, 1.165) is 27.1 Å². The van der Waals surface area contributed by atoms with Crippen LogP contribution in [0.1, 0.15) is 5.56 Å². The lowest BCUT2D eigenvalue weighted by Gasteiger charge is -2.19. The van der Waals surface area contributed by atoms with Gasteiger partial charge in [-0.2, -0.15) is 0 Å². The molecule has 3 N–H and O–H groups in total. The Labute approximate surface area is 132 Å². The Bertz CT molecular complexity index is 641. The molecule has 0 saturated carbocycles. The number of anilines is 3. The molecule has 2 rings (SSSR count). The van der Waals surface area contributed by atoms with Crippen molar-refractivity contribution in [3.8, 4) is 0 Å². The van der Waals surface area contributed by atoms with E-state index in [1.807, 2.05) is 50.5 Å². The van der Waals surface area contributed by atoms with Gasteiger partial charge in [0.25, 0.3) is 0 Å². The molecule has 0 aliphatic heterocycles. The maximum absolute atomic E-state index is 5.78. The molecule has 0 unspecified atom stereocenters. The summed E-state index contributed by atoms with van der Waals surface area (Å²) < 4.78 is 0.974. The van der Waals surface area contributed by atoms with Crippen LogP contribution in [0.3, 0.4) is 0 Å². The minimum absolute atomic E-state index is 0.377. The molecule has 0 heterocycles. The Balaban J connectivity index is 2.45. The van der Waals surface area contributed by atoms with Crippen LogP contribution in [-0.2, 0) is 0 Å². The second-order valence-corrected chi connectivity index (χ2v) is 5.95. The van der Waals surface area contributed by atoms with Crippen LogP contribution in [0.25, 0.3) is 0 Å². The van der Waals surface area contributed by atoms with E-state index in [4.69, 9.17) is 18.0 Å². The molecule has 20 heavy (non-hydrogen) atoms. The fraction of sp³-hybridized carbons (Fsp3) is 0.133. The number of para-hydroxylation sites is 2. The topological polar surface area (TPSA) is 41.3 Å². The van der Waals surface area contributed by atoms with Gasteiger partial charge in [0.2, 0.25) is 0 Å². The van der Waals surface area contributed by atoms with Crippen molar-refractivity contribution in [1.29, 1.82) is 0 Å². The van der Waals surface area contributed by atoms with Crippen LogP contribution in [0.15, 0.2) is 46.9 Å². The van der Waals surface area contributed by atoms with Crippen LogP contribution < -0.4 is 16.0 Å². The summed E-state index contributed by atoms with van der Waals surface area (Å²) in [6, 6.07) is 13.9.